The SMILES string of the molecule is CC1C(C)C2CC1C1C3CC(CCCCCCC(=O)OCC4COCO4)C(C3)C21. The highest BCUT2D eigenvalue weighted by Gasteiger charge is 2.65. The molecule has 0 aromatic carbocycles. The predicted octanol–water partition coefficient (Wildman–Crippen LogP) is 5.05. The molecule has 0 aromatic rings. The second-order valence-electron chi connectivity index (χ2n) is 11.0. The van der Waals surface area contributed by atoms with Crippen LogP contribution >= 0.6 is 0 Å². The lowest BCUT2D eigenvalue weighted by molar-refractivity contribution is -0.146. The Bertz CT molecular complexity index is 585. The minimum absolute atomic E-state index is 0.0680. The smallest absolute Gasteiger partial charge is 0.305 e. The summed E-state index contributed by atoms with van der Waals surface area (Å²) in [6.45, 7) is 6.29. The van der Waals surface area contributed by atoms with Gasteiger partial charge in [-0.2, -0.15) is 0 Å². The predicted molar refractivity (Wildman–Crippen MR) is 111 cm³/mol. The lowest BCUT2D eigenvalue weighted by Crippen LogP contribution is -2.38. The number of fused-ring (bicyclic) bond motifs is 9. The third-order valence-electron chi connectivity index (χ3n) is 9.81. The zero-order valence-electron chi connectivity index (χ0n) is 18.4. The van der Waals surface area contributed by atoms with E-state index < -0.39 is 0 Å². The van der Waals surface area contributed by atoms with Gasteiger partial charge < -0.3 is 14.2 Å². The first-order valence-electron chi connectivity index (χ1n) is 12.5. The van der Waals surface area contributed by atoms with Gasteiger partial charge in [0.2, 0.25) is 0 Å². The molecular weight excluding hydrogens is 364 g/mol. The van der Waals surface area contributed by atoms with E-state index in [9.17, 15) is 4.79 Å². The van der Waals surface area contributed by atoms with Crippen LogP contribution in [-0.2, 0) is 19.0 Å². The molecule has 4 nitrogen and oxygen atoms in total. The van der Waals surface area contributed by atoms with Gasteiger partial charge in [-0.25, -0.2) is 0 Å². The summed E-state index contributed by atoms with van der Waals surface area (Å²) in [7, 11) is 0. The Hall–Kier alpha value is -0.610. The maximum Gasteiger partial charge on any atom is 0.305 e. The van der Waals surface area contributed by atoms with Crippen molar-refractivity contribution in [1.29, 1.82) is 0 Å². The average molecular weight is 405 g/mol. The summed E-state index contributed by atoms with van der Waals surface area (Å²) in [5.41, 5.74) is 0. The van der Waals surface area contributed by atoms with Crippen molar-refractivity contribution in [1.82, 2.24) is 0 Å². The van der Waals surface area contributed by atoms with E-state index in [2.05, 4.69) is 13.8 Å². The van der Waals surface area contributed by atoms with Crippen LogP contribution in [-0.4, -0.2) is 32.1 Å². The third kappa shape index (κ3) is 3.78. The molecule has 10 atom stereocenters. The van der Waals surface area contributed by atoms with Crippen molar-refractivity contribution in [2.75, 3.05) is 20.0 Å². The van der Waals surface area contributed by atoms with E-state index in [0.717, 1.165) is 66.1 Å². The summed E-state index contributed by atoms with van der Waals surface area (Å²) in [5.74, 6) is 9.38. The van der Waals surface area contributed by atoms with Crippen LogP contribution in [0.3, 0.4) is 0 Å². The van der Waals surface area contributed by atoms with Crippen LogP contribution in [0.2, 0.25) is 0 Å². The second-order valence-corrected chi connectivity index (χ2v) is 11.0. The Morgan fingerprint density at radius 1 is 0.931 bits per heavy atom. The quantitative estimate of drug-likeness (QED) is 0.306. The van der Waals surface area contributed by atoms with E-state index in [1.54, 1.807) is 12.8 Å². The van der Waals surface area contributed by atoms with E-state index in [0.29, 0.717) is 26.4 Å². The molecule has 5 rings (SSSR count). The molecule has 0 radical (unpaired) electrons. The molecule has 5 aliphatic rings. The topological polar surface area (TPSA) is 44.8 Å². The highest BCUT2D eigenvalue weighted by molar-refractivity contribution is 5.69. The van der Waals surface area contributed by atoms with Crippen LogP contribution < -0.4 is 0 Å². The van der Waals surface area contributed by atoms with Crippen LogP contribution in [0.1, 0.15) is 71.6 Å². The number of carbonyl (C=O) groups is 1. The molecule has 4 aliphatic carbocycles. The van der Waals surface area contributed by atoms with Crippen LogP contribution in [0.4, 0.5) is 0 Å². The molecule has 4 bridgehead atoms. The maximum atomic E-state index is 11.8. The van der Waals surface area contributed by atoms with Crippen LogP contribution in [0, 0.1) is 53.3 Å². The van der Waals surface area contributed by atoms with Crippen molar-refractivity contribution >= 4 is 5.97 Å². The molecule has 10 unspecified atom stereocenters. The molecule has 29 heavy (non-hydrogen) atoms. The molecule has 1 aliphatic heterocycles. The highest BCUT2D eigenvalue weighted by Crippen LogP contribution is 2.71. The molecule has 164 valence electrons. The molecule has 1 saturated heterocycles. The molecule has 0 aromatic heterocycles. The summed E-state index contributed by atoms with van der Waals surface area (Å²) >= 11 is 0. The largest absolute Gasteiger partial charge is 0.463 e. The fraction of sp³-hybridized carbons (Fsp3) is 0.960. The lowest BCUT2D eigenvalue weighted by atomic mass is 9.61. The number of rotatable bonds is 9. The highest BCUT2D eigenvalue weighted by atomic mass is 16.7. The molecule has 4 heteroatoms. The zero-order valence-corrected chi connectivity index (χ0v) is 18.4. The zero-order chi connectivity index (χ0) is 20.0. The average Bonchev–Trinajstić information content (AvgIpc) is 3.50. The first-order chi connectivity index (χ1) is 14.1. The summed E-state index contributed by atoms with van der Waals surface area (Å²) in [5, 5.41) is 0. The van der Waals surface area contributed by atoms with Crippen molar-refractivity contribution in [3.8, 4) is 0 Å². The van der Waals surface area contributed by atoms with Crippen molar-refractivity contribution < 1.29 is 19.0 Å². The van der Waals surface area contributed by atoms with Gasteiger partial charge in [-0.15, -0.1) is 0 Å². The van der Waals surface area contributed by atoms with Crippen molar-refractivity contribution in [3.63, 3.8) is 0 Å². The van der Waals surface area contributed by atoms with Gasteiger partial charge >= 0.3 is 5.97 Å². The number of hydrogen-bond donors (Lipinski definition) is 0. The fourth-order valence-electron chi connectivity index (χ4n) is 8.45. The molecule has 1 heterocycles. The monoisotopic (exact) mass is 404 g/mol. The van der Waals surface area contributed by atoms with E-state index in [-0.39, 0.29) is 12.1 Å². The Balaban J connectivity index is 0.966. The van der Waals surface area contributed by atoms with Gasteiger partial charge in [0.25, 0.3) is 0 Å². The Labute approximate surface area is 176 Å². The molecule has 4 saturated carbocycles. The molecule has 0 amide bonds. The van der Waals surface area contributed by atoms with Gasteiger partial charge in [-0.05, 0) is 78.9 Å². The first kappa shape index (κ1) is 20.3. The van der Waals surface area contributed by atoms with E-state index in [4.69, 9.17) is 14.2 Å². The molecule has 0 spiro atoms. The molecule has 0 N–H and O–H groups in total. The molecule has 5 fully saturated rings. The Kier molecular flexibility index (Phi) is 5.95. The van der Waals surface area contributed by atoms with Gasteiger partial charge in [0, 0.05) is 6.42 Å². The van der Waals surface area contributed by atoms with E-state index in [1.165, 1.54) is 25.7 Å². The third-order valence-corrected chi connectivity index (χ3v) is 9.81. The summed E-state index contributed by atoms with van der Waals surface area (Å²) < 4.78 is 15.7. The van der Waals surface area contributed by atoms with Gasteiger partial charge in [0.15, 0.2) is 0 Å². The minimum Gasteiger partial charge on any atom is -0.463 e. The van der Waals surface area contributed by atoms with Crippen molar-refractivity contribution in [2.24, 2.45) is 53.3 Å². The van der Waals surface area contributed by atoms with Crippen LogP contribution in [0.25, 0.3) is 0 Å². The molecular formula is C25H40O4. The van der Waals surface area contributed by atoms with Gasteiger partial charge in [-0.3, -0.25) is 4.79 Å². The lowest BCUT2D eigenvalue weighted by Gasteiger charge is -2.43. The van der Waals surface area contributed by atoms with Crippen LogP contribution in [0.15, 0.2) is 0 Å². The fourth-order valence-corrected chi connectivity index (χ4v) is 8.45. The second kappa shape index (κ2) is 8.49. The summed E-state index contributed by atoms with van der Waals surface area (Å²) in [6.07, 6.45) is 11.3. The van der Waals surface area contributed by atoms with Gasteiger partial charge in [0.1, 0.15) is 19.5 Å². The first-order valence-corrected chi connectivity index (χ1v) is 12.5. The number of esters is 1. The van der Waals surface area contributed by atoms with E-state index in [1.807, 2.05) is 0 Å². The summed E-state index contributed by atoms with van der Waals surface area (Å²) in [6, 6.07) is 0. The normalized spacial score (nSPS) is 47.1. The summed E-state index contributed by atoms with van der Waals surface area (Å²) in [4.78, 5) is 11.8. The standard InChI is InChI=1S/C25H40O4/c1-15-16(2)21-11-20(15)24-18-9-17(22(10-18)25(21)24)7-5-3-4-6-8-23(26)28-13-19-12-27-14-29-19/h15-22,24-25H,3-14H2,1-2H3. The van der Waals surface area contributed by atoms with Crippen molar-refractivity contribution in [3.05, 3.63) is 0 Å². The maximum absolute atomic E-state index is 11.8. The van der Waals surface area contributed by atoms with Gasteiger partial charge in [-0.1, -0.05) is 39.5 Å². The van der Waals surface area contributed by atoms with E-state index >= 15 is 0 Å². The van der Waals surface area contributed by atoms with Crippen molar-refractivity contribution in [2.45, 2.75) is 77.7 Å². The number of ether oxygens (including phenoxy) is 3. The van der Waals surface area contributed by atoms with Crippen LogP contribution in [0.5, 0.6) is 0 Å². The van der Waals surface area contributed by atoms with Gasteiger partial charge in [0.05, 0.1) is 6.61 Å². The number of hydrogen-bond acceptors (Lipinski definition) is 4. The minimum atomic E-state index is -0.0840. The number of carbonyl (C=O) groups excluding carboxylic acids is 1. The Morgan fingerprint density at radius 2 is 1.72 bits per heavy atom. The Morgan fingerprint density at radius 3 is 2.52 bits per heavy atom. The number of unbranched alkanes of at least 4 members (excludes halogenated alkanes) is 3.